The van der Waals surface area contributed by atoms with E-state index < -0.39 is 0 Å². The quantitative estimate of drug-likeness (QED) is 0.735. The molecule has 1 aromatic heterocycles. The Balaban J connectivity index is 1.29. The molecule has 6 heteroatoms. The summed E-state index contributed by atoms with van der Waals surface area (Å²) in [7, 11) is 0. The molecule has 2 atom stereocenters. The molecule has 2 heterocycles. The summed E-state index contributed by atoms with van der Waals surface area (Å²) in [5.41, 5.74) is 3.33. The van der Waals surface area contributed by atoms with Crippen LogP contribution in [0.4, 0.5) is 10.5 Å². The number of piperidine rings is 1. The van der Waals surface area contributed by atoms with E-state index in [1.807, 2.05) is 36.1 Å². The maximum absolute atomic E-state index is 13.1. The van der Waals surface area contributed by atoms with Gasteiger partial charge in [-0.2, -0.15) is 0 Å². The minimum absolute atomic E-state index is 0.163. The summed E-state index contributed by atoms with van der Waals surface area (Å²) in [6, 6.07) is 9.69. The molecule has 2 unspecified atom stereocenters. The molecule has 2 aliphatic rings. The maximum atomic E-state index is 13.1. The molecule has 1 fully saturated rings. The lowest BCUT2D eigenvalue weighted by Gasteiger charge is -2.32. The van der Waals surface area contributed by atoms with Gasteiger partial charge in [0.15, 0.2) is 0 Å². The summed E-state index contributed by atoms with van der Waals surface area (Å²) in [4.78, 5) is 29.6. The Morgan fingerprint density at radius 2 is 2.00 bits per heavy atom. The minimum Gasteiger partial charge on any atom is -0.338 e. The first-order chi connectivity index (χ1) is 14.5. The Labute approximate surface area is 182 Å². The van der Waals surface area contributed by atoms with E-state index in [4.69, 9.17) is 0 Å². The summed E-state index contributed by atoms with van der Waals surface area (Å²) in [6.07, 6.45) is 5.45. The van der Waals surface area contributed by atoms with E-state index in [1.54, 1.807) is 11.3 Å². The number of carbonyl (C=O) groups excluding carboxylic acids is 2. The Morgan fingerprint density at radius 3 is 2.80 bits per heavy atom. The average molecular weight is 426 g/mol. The lowest BCUT2D eigenvalue weighted by Crippen LogP contribution is -2.44. The molecule has 0 spiro atoms. The van der Waals surface area contributed by atoms with Crippen LogP contribution in [0.5, 0.6) is 0 Å². The van der Waals surface area contributed by atoms with Gasteiger partial charge >= 0.3 is 6.03 Å². The van der Waals surface area contributed by atoms with Crippen LogP contribution in [0.3, 0.4) is 0 Å². The first-order valence-corrected chi connectivity index (χ1v) is 11.8. The second kappa shape index (κ2) is 9.21. The number of fused-ring (bicyclic) bond motifs is 1. The first kappa shape index (κ1) is 20.9. The number of hydrogen-bond donors (Lipinski definition) is 2. The highest BCUT2D eigenvalue weighted by molar-refractivity contribution is 7.14. The number of amides is 3. The van der Waals surface area contributed by atoms with Gasteiger partial charge in [-0.3, -0.25) is 4.79 Å². The van der Waals surface area contributed by atoms with E-state index in [0.29, 0.717) is 24.9 Å². The lowest BCUT2D eigenvalue weighted by atomic mass is 9.90. The number of anilines is 1. The summed E-state index contributed by atoms with van der Waals surface area (Å²) in [5.74, 6) is 1.17. The van der Waals surface area contributed by atoms with Crippen LogP contribution in [0.25, 0.3) is 0 Å². The van der Waals surface area contributed by atoms with E-state index in [2.05, 4.69) is 23.6 Å². The minimum atomic E-state index is -0.192. The van der Waals surface area contributed by atoms with Crippen molar-refractivity contribution in [1.29, 1.82) is 0 Å². The number of hydrogen-bond acceptors (Lipinski definition) is 3. The highest BCUT2D eigenvalue weighted by Gasteiger charge is 2.27. The molecule has 2 aromatic rings. The molecule has 30 heavy (non-hydrogen) atoms. The van der Waals surface area contributed by atoms with Gasteiger partial charge in [-0.25, -0.2) is 4.79 Å². The molecular formula is C24H31N3O2S. The average Bonchev–Trinajstić information content (AvgIpc) is 3.17. The maximum Gasteiger partial charge on any atom is 0.319 e. The fraction of sp³-hybridized carbons (Fsp3) is 0.500. The number of likely N-dealkylation sites (tertiary alicyclic amines) is 1. The first-order valence-electron chi connectivity index (χ1n) is 11.0. The molecule has 160 valence electrons. The molecule has 1 aromatic carbocycles. The highest BCUT2D eigenvalue weighted by atomic mass is 32.1. The smallest absolute Gasteiger partial charge is 0.319 e. The van der Waals surface area contributed by atoms with Gasteiger partial charge in [-0.1, -0.05) is 24.6 Å². The molecule has 5 nitrogen and oxygen atoms in total. The Kier molecular flexibility index (Phi) is 6.42. The van der Waals surface area contributed by atoms with Gasteiger partial charge in [-0.05, 0) is 74.6 Å². The van der Waals surface area contributed by atoms with Crippen LogP contribution in [0.2, 0.25) is 0 Å². The molecule has 0 bridgehead atoms. The molecule has 1 aliphatic carbocycles. The van der Waals surface area contributed by atoms with Crippen molar-refractivity contribution in [2.45, 2.75) is 46.0 Å². The Bertz CT molecular complexity index is 906. The standard InChI is InChI=1S/C24H31N3O2S/c1-16-5-8-20(9-6-16)26-24(29)25-14-18-4-3-11-27(15-18)23(28)22-13-19-12-17(2)7-10-21(19)30-22/h5-6,8-9,13,17-18H,3-4,7,10-12,14-15H2,1-2H3,(H2,25,26,29). The molecule has 0 radical (unpaired) electrons. The summed E-state index contributed by atoms with van der Waals surface area (Å²) < 4.78 is 0. The molecule has 0 saturated carbocycles. The van der Waals surface area contributed by atoms with Gasteiger partial charge in [0.25, 0.3) is 5.91 Å². The van der Waals surface area contributed by atoms with Crippen molar-refractivity contribution in [3.05, 3.63) is 51.2 Å². The normalized spacial score (nSPS) is 21.1. The number of nitrogens with zero attached hydrogens (tertiary/aromatic N) is 1. The van der Waals surface area contributed by atoms with Crippen LogP contribution in [-0.2, 0) is 12.8 Å². The van der Waals surface area contributed by atoms with Crippen LogP contribution in [0, 0.1) is 18.8 Å². The fourth-order valence-corrected chi connectivity index (χ4v) is 5.61. The van der Waals surface area contributed by atoms with E-state index in [-0.39, 0.29) is 11.9 Å². The number of benzene rings is 1. The van der Waals surface area contributed by atoms with Crippen LogP contribution in [0.15, 0.2) is 30.3 Å². The van der Waals surface area contributed by atoms with Crippen molar-refractivity contribution >= 4 is 29.0 Å². The third-order valence-electron chi connectivity index (χ3n) is 6.21. The van der Waals surface area contributed by atoms with Gasteiger partial charge in [0.05, 0.1) is 4.88 Å². The zero-order valence-electron chi connectivity index (χ0n) is 17.9. The Morgan fingerprint density at radius 1 is 1.20 bits per heavy atom. The molecule has 1 aliphatic heterocycles. The van der Waals surface area contributed by atoms with Crippen LogP contribution in [-0.4, -0.2) is 36.5 Å². The number of aryl methyl sites for hydroxylation is 2. The molecule has 2 N–H and O–H groups in total. The fourth-order valence-electron chi connectivity index (χ4n) is 4.43. The SMILES string of the molecule is Cc1ccc(NC(=O)NCC2CCCN(C(=O)c3cc4c(s3)CCC(C)C4)C2)cc1. The van der Waals surface area contributed by atoms with Crippen molar-refractivity contribution in [3.8, 4) is 0 Å². The third-order valence-corrected chi connectivity index (χ3v) is 7.43. The zero-order chi connectivity index (χ0) is 21.1. The van der Waals surface area contributed by atoms with Gasteiger partial charge in [-0.15, -0.1) is 11.3 Å². The molecule has 4 rings (SSSR count). The van der Waals surface area contributed by atoms with Gasteiger partial charge in [0.1, 0.15) is 0 Å². The van der Waals surface area contributed by atoms with E-state index in [1.165, 1.54) is 16.9 Å². The number of carbonyl (C=O) groups is 2. The topological polar surface area (TPSA) is 61.4 Å². The van der Waals surface area contributed by atoms with Gasteiger partial charge < -0.3 is 15.5 Å². The van der Waals surface area contributed by atoms with Crippen LogP contribution >= 0.6 is 11.3 Å². The van der Waals surface area contributed by atoms with Gasteiger partial charge in [0.2, 0.25) is 0 Å². The zero-order valence-corrected chi connectivity index (χ0v) is 18.7. The number of thiophene rings is 1. The molecule has 1 saturated heterocycles. The Hall–Kier alpha value is -2.34. The summed E-state index contributed by atoms with van der Waals surface area (Å²) in [5, 5.41) is 5.84. The predicted molar refractivity (Wildman–Crippen MR) is 122 cm³/mol. The monoisotopic (exact) mass is 425 g/mol. The lowest BCUT2D eigenvalue weighted by molar-refractivity contribution is 0.0680. The van der Waals surface area contributed by atoms with Crippen molar-refractivity contribution < 1.29 is 9.59 Å². The predicted octanol–water partition coefficient (Wildman–Crippen LogP) is 4.86. The summed E-state index contributed by atoms with van der Waals surface area (Å²) in [6.45, 7) is 6.41. The van der Waals surface area contributed by atoms with Crippen LogP contribution < -0.4 is 10.6 Å². The summed E-state index contributed by atoms with van der Waals surface area (Å²) >= 11 is 1.69. The van der Waals surface area contributed by atoms with E-state index in [0.717, 1.165) is 48.4 Å². The molecule has 3 amide bonds. The highest BCUT2D eigenvalue weighted by Crippen LogP contribution is 2.33. The second-order valence-corrected chi connectivity index (χ2v) is 10.0. The van der Waals surface area contributed by atoms with Crippen molar-refractivity contribution in [1.82, 2.24) is 10.2 Å². The molecular weight excluding hydrogens is 394 g/mol. The largest absolute Gasteiger partial charge is 0.338 e. The third kappa shape index (κ3) is 5.04. The number of nitrogens with one attached hydrogen (secondary N) is 2. The van der Waals surface area contributed by atoms with Gasteiger partial charge in [0, 0.05) is 30.2 Å². The van der Waals surface area contributed by atoms with Crippen molar-refractivity contribution in [2.75, 3.05) is 25.0 Å². The second-order valence-electron chi connectivity index (χ2n) is 8.87. The van der Waals surface area contributed by atoms with Crippen molar-refractivity contribution in [2.24, 2.45) is 11.8 Å². The number of rotatable bonds is 4. The van der Waals surface area contributed by atoms with Crippen molar-refractivity contribution in [3.63, 3.8) is 0 Å². The number of urea groups is 1. The van der Waals surface area contributed by atoms with E-state index >= 15 is 0 Å². The van der Waals surface area contributed by atoms with Crippen LogP contribution in [0.1, 0.15) is 51.9 Å². The van der Waals surface area contributed by atoms with E-state index in [9.17, 15) is 9.59 Å².